The predicted molar refractivity (Wildman–Crippen MR) is 57.3 cm³/mol. The van der Waals surface area contributed by atoms with Gasteiger partial charge >= 0.3 is 0 Å². The lowest BCUT2D eigenvalue weighted by molar-refractivity contribution is 0.317. The zero-order chi connectivity index (χ0) is 10.1. The van der Waals surface area contributed by atoms with E-state index < -0.39 is 0 Å². The van der Waals surface area contributed by atoms with E-state index in [1.54, 1.807) is 12.1 Å². The lowest BCUT2D eigenvalue weighted by atomic mass is 10.3. The third-order valence-electron chi connectivity index (χ3n) is 1.78. The summed E-state index contributed by atoms with van der Waals surface area (Å²) in [6.07, 6.45) is 0. The molecule has 0 saturated heterocycles. The Morgan fingerprint density at radius 3 is 2.79 bits per heavy atom. The van der Waals surface area contributed by atoms with Crippen molar-refractivity contribution in [1.82, 2.24) is 9.97 Å². The number of halogens is 2. The highest BCUT2D eigenvalue weighted by Gasteiger charge is 2.06. The molecule has 0 fully saturated rings. The Labute approximate surface area is 91.0 Å². The summed E-state index contributed by atoms with van der Waals surface area (Å²) in [7, 11) is 0. The van der Waals surface area contributed by atoms with E-state index in [1.165, 1.54) is 0 Å². The van der Waals surface area contributed by atoms with Crippen molar-refractivity contribution in [2.75, 3.05) is 6.61 Å². The summed E-state index contributed by atoms with van der Waals surface area (Å²) in [6, 6.07) is 3.92. The minimum absolute atomic E-state index is 0.487. The normalized spacial score (nSPS) is 10.8. The van der Waals surface area contributed by atoms with E-state index in [0.717, 1.165) is 11.0 Å². The molecule has 2 aromatic rings. The van der Waals surface area contributed by atoms with Crippen molar-refractivity contribution in [3.8, 4) is 6.01 Å². The van der Waals surface area contributed by atoms with Gasteiger partial charge in [0.05, 0.1) is 27.7 Å². The maximum atomic E-state index is 5.85. The van der Waals surface area contributed by atoms with Gasteiger partial charge in [-0.05, 0) is 19.1 Å². The maximum absolute atomic E-state index is 5.85. The van der Waals surface area contributed by atoms with Gasteiger partial charge in [0.2, 0.25) is 0 Å². The van der Waals surface area contributed by atoms with E-state index in [4.69, 9.17) is 27.9 Å². The summed E-state index contributed by atoms with van der Waals surface area (Å²) in [4.78, 5) is 7.17. The van der Waals surface area contributed by atoms with E-state index in [0.29, 0.717) is 22.7 Å². The molecule has 2 rings (SSSR count). The smallest absolute Gasteiger partial charge is 0.294 e. The Morgan fingerprint density at radius 1 is 1.36 bits per heavy atom. The van der Waals surface area contributed by atoms with E-state index in [9.17, 15) is 0 Å². The SMILES string of the molecule is CCOc1nc2cc(Cl)c(Cl)cc2[nH]1. The fourth-order valence-electron chi connectivity index (χ4n) is 1.19. The Balaban J connectivity index is 2.54. The van der Waals surface area contributed by atoms with Crippen LogP contribution in [-0.2, 0) is 0 Å². The second kappa shape index (κ2) is 3.67. The number of nitrogens with one attached hydrogen (secondary N) is 1. The minimum atomic E-state index is 0.487. The molecule has 0 aliphatic heterocycles. The van der Waals surface area contributed by atoms with Gasteiger partial charge in [-0.1, -0.05) is 23.2 Å². The second-order valence-electron chi connectivity index (χ2n) is 2.76. The number of imidazole rings is 1. The van der Waals surface area contributed by atoms with Gasteiger partial charge in [0.15, 0.2) is 0 Å². The van der Waals surface area contributed by atoms with Crippen molar-refractivity contribution in [3.05, 3.63) is 22.2 Å². The molecule has 0 unspecified atom stereocenters. The van der Waals surface area contributed by atoms with Crippen molar-refractivity contribution in [2.24, 2.45) is 0 Å². The molecule has 5 heteroatoms. The molecule has 0 radical (unpaired) electrons. The molecular weight excluding hydrogens is 223 g/mol. The average Bonchev–Trinajstić information content (AvgIpc) is 2.48. The third-order valence-corrected chi connectivity index (χ3v) is 2.51. The second-order valence-corrected chi connectivity index (χ2v) is 3.57. The van der Waals surface area contributed by atoms with Crippen LogP contribution in [0.5, 0.6) is 6.01 Å². The molecule has 0 spiro atoms. The molecule has 0 aliphatic carbocycles. The number of benzene rings is 1. The summed E-state index contributed by atoms with van der Waals surface area (Å²) < 4.78 is 5.22. The molecule has 74 valence electrons. The lowest BCUT2D eigenvalue weighted by Gasteiger charge is -1.93. The Bertz CT molecular complexity index is 428. The van der Waals surface area contributed by atoms with Gasteiger partial charge in [0.25, 0.3) is 6.01 Å². The van der Waals surface area contributed by atoms with Crippen molar-refractivity contribution >= 4 is 34.2 Å². The van der Waals surface area contributed by atoms with Crippen LogP contribution in [0.2, 0.25) is 10.0 Å². The number of hydrogen-bond donors (Lipinski definition) is 1. The monoisotopic (exact) mass is 230 g/mol. The molecule has 0 atom stereocenters. The average molecular weight is 231 g/mol. The number of ether oxygens (including phenoxy) is 1. The van der Waals surface area contributed by atoms with Crippen molar-refractivity contribution in [1.29, 1.82) is 0 Å². The number of fused-ring (bicyclic) bond motifs is 1. The molecular formula is C9H8Cl2N2O. The van der Waals surface area contributed by atoms with Crippen molar-refractivity contribution in [2.45, 2.75) is 6.92 Å². The van der Waals surface area contributed by atoms with Crippen LogP contribution in [0.15, 0.2) is 12.1 Å². The highest BCUT2D eigenvalue weighted by molar-refractivity contribution is 6.42. The van der Waals surface area contributed by atoms with Crippen LogP contribution in [-0.4, -0.2) is 16.6 Å². The van der Waals surface area contributed by atoms with Gasteiger partial charge in [0, 0.05) is 0 Å². The van der Waals surface area contributed by atoms with Crippen molar-refractivity contribution < 1.29 is 4.74 Å². The van der Waals surface area contributed by atoms with Crippen molar-refractivity contribution in [3.63, 3.8) is 0 Å². The molecule has 0 bridgehead atoms. The van der Waals surface area contributed by atoms with Crippen LogP contribution >= 0.6 is 23.2 Å². The first-order chi connectivity index (χ1) is 6.70. The summed E-state index contributed by atoms with van der Waals surface area (Å²) in [6.45, 7) is 2.47. The van der Waals surface area contributed by atoms with E-state index in [-0.39, 0.29) is 0 Å². The zero-order valence-electron chi connectivity index (χ0n) is 7.47. The predicted octanol–water partition coefficient (Wildman–Crippen LogP) is 3.27. The topological polar surface area (TPSA) is 37.9 Å². The molecule has 0 saturated carbocycles. The highest BCUT2D eigenvalue weighted by atomic mass is 35.5. The van der Waals surface area contributed by atoms with E-state index >= 15 is 0 Å². The molecule has 1 aromatic carbocycles. The fourth-order valence-corrected chi connectivity index (χ4v) is 1.51. The molecule has 14 heavy (non-hydrogen) atoms. The molecule has 1 N–H and O–H groups in total. The van der Waals surface area contributed by atoms with E-state index in [1.807, 2.05) is 6.92 Å². The number of rotatable bonds is 2. The molecule has 0 aliphatic rings. The van der Waals surface area contributed by atoms with Gasteiger partial charge in [-0.2, -0.15) is 4.98 Å². The van der Waals surface area contributed by atoms with Gasteiger partial charge in [0.1, 0.15) is 0 Å². The van der Waals surface area contributed by atoms with Crippen LogP contribution < -0.4 is 4.74 Å². The standard InChI is InChI=1S/C9H8Cl2N2O/c1-2-14-9-12-7-3-5(10)6(11)4-8(7)13-9/h3-4H,2H2,1H3,(H,12,13). The molecule has 0 amide bonds. The maximum Gasteiger partial charge on any atom is 0.294 e. The molecule has 3 nitrogen and oxygen atoms in total. The molecule has 1 heterocycles. The Hall–Kier alpha value is -0.930. The first-order valence-corrected chi connectivity index (χ1v) is 4.94. The summed E-state index contributed by atoms with van der Waals surface area (Å²) >= 11 is 11.7. The zero-order valence-corrected chi connectivity index (χ0v) is 8.99. The minimum Gasteiger partial charge on any atom is -0.465 e. The van der Waals surface area contributed by atoms with Crippen LogP contribution in [0, 0.1) is 0 Å². The first-order valence-electron chi connectivity index (χ1n) is 4.18. The number of hydrogen-bond acceptors (Lipinski definition) is 2. The quantitative estimate of drug-likeness (QED) is 0.861. The highest BCUT2D eigenvalue weighted by Crippen LogP contribution is 2.27. The summed E-state index contributed by atoms with van der Waals surface area (Å²) in [5.41, 5.74) is 1.57. The van der Waals surface area contributed by atoms with Crippen LogP contribution in [0.25, 0.3) is 11.0 Å². The van der Waals surface area contributed by atoms with Crippen LogP contribution in [0.4, 0.5) is 0 Å². The Kier molecular flexibility index (Phi) is 2.52. The van der Waals surface area contributed by atoms with Crippen LogP contribution in [0.3, 0.4) is 0 Å². The third kappa shape index (κ3) is 1.65. The van der Waals surface area contributed by atoms with E-state index in [2.05, 4.69) is 9.97 Å². The number of nitrogens with zero attached hydrogens (tertiary/aromatic N) is 1. The van der Waals surface area contributed by atoms with Gasteiger partial charge in [-0.25, -0.2) is 0 Å². The Morgan fingerprint density at radius 2 is 2.07 bits per heavy atom. The summed E-state index contributed by atoms with van der Waals surface area (Å²) in [5, 5.41) is 1.000. The van der Waals surface area contributed by atoms with Gasteiger partial charge in [-0.15, -0.1) is 0 Å². The van der Waals surface area contributed by atoms with Gasteiger partial charge in [-0.3, -0.25) is 0 Å². The van der Waals surface area contributed by atoms with Gasteiger partial charge < -0.3 is 9.72 Å². The first kappa shape index (κ1) is 9.62. The number of aromatic nitrogens is 2. The largest absolute Gasteiger partial charge is 0.465 e. The fraction of sp³-hybridized carbons (Fsp3) is 0.222. The van der Waals surface area contributed by atoms with Crippen LogP contribution in [0.1, 0.15) is 6.92 Å². The molecule has 1 aromatic heterocycles. The number of H-pyrrole nitrogens is 1. The number of aromatic amines is 1. The lowest BCUT2D eigenvalue weighted by Crippen LogP contribution is -1.92. The summed E-state index contributed by atoms with van der Waals surface area (Å²) in [5.74, 6) is 0.